The van der Waals surface area contributed by atoms with Gasteiger partial charge >= 0.3 is 0 Å². The standard InChI is InChI=1S/C21H22ClN5O3S/c1-13(2)27(11-17-24-25-20(30-17)15-6-3-4-7-16(15)22)19(29)10-14-12-31-21(23-14)26-9-5-8-18(26)28/h3-4,6-7,12-13H,5,8-11H2,1-2H3. The zero-order valence-electron chi connectivity index (χ0n) is 17.2. The summed E-state index contributed by atoms with van der Waals surface area (Å²) in [4.78, 5) is 32.8. The molecular formula is C21H22ClN5O3S. The molecule has 0 radical (unpaired) electrons. The summed E-state index contributed by atoms with van der Waals surface area (Å²) in [5.74, 6) is 0.633. The van der Waals surface area contributed by atoms with Gasteiger partial charge in [0.2, 0.25) is 23.6 Å². The quantitative estimate of drug-likeness (QED) is 0.531. The maximum absolute atomic E-state index is 13.0. The number of benzene rings is 1. The van der Waals surface area contributed by atoms with Crippen LogP contribution in [0.15, 0.2) is 34.1 Å². The number of carbonyl (C=O) groups is 2. The van der Waals surface area contributed by atoms with E-state index < -0.39 is 0 Å². The molecule has 2 aromatic heterocycles. The number of thiazole rings is 1. The first kappa shape index (κ1) is 21.5. The summed E-state index contributed by atoms with van der Waals surface area (Å²) in [6, 6.07) is 7.15. The summed E-state index contributed by atoms with van der Waals surface area (Å²) in [5, 5.41) is 11.2. The molecule has 1 aliphatic heterocycles. The molecule has 1 fully saturated rings. The average Bonchev–Trinajstić information content (AvgIpc) is 3.47. The fourth-order valence-corrected chi connectivity index (χ4v) is 4.46. The minimum atomic E-state index is -0.0999. The molecule has 3 aromatic rings. The zero-order chi connectivity index (χ0) is 22.0. The molecule has 1 aromatic carbocycles. The Kier molecular flexibility index (Phi) is 6.33. The predicted octanol–water partition coefficient (Wildman–Crippen LogP) is 3.95. The Labute approximate surface area is 188 Å². The first-order valence-electron chi connectivity index (χ1n) is 10.0. The third kappa shape index (κ3) is 4.77. The molecule has 0 atom stereocenters. The molecule has 162 valence electrons. The summed E-state index contributed by atoms with van der Waals surface area (Å²) >= 11 is 7.59. The van der Waals surface area contributed by atoms with Gasteiger partial charge in [0.1, 0.15) is 0 Å². The lowest BCUT2D eigenvalue weighted by Gasteiger charge is -2.25. The molecule has 0 N–H and O–H groups in total. The van der Waals surface area contributed by atoms with E-state index in [9.17, 15) is 9.59 Å². The number of rotatable bonds is 7. The monoisotopic (exact) mass is 459 g/mol. The number of hydrogen-bond donors (Lipinski definition) is 0. The molecule has 4 rings (SSSR count). The fraction of sp³-hybridized carbons (Fsp3) is 0.381. The Bertz CT molecular complexity index is 1100. The van der Waals surface area contributed by atoms with Gasteiger partial charge in [0.15, 0.2) is 5.13 Å². The highest BCUT2D eigenvalue weighted by atomic mass is 35.5. The van der Waals surface area contributed by atoms with Gasteiger partial charge in [-0.05, 0) is 32.4 Å². The van der Waals surface area contributed by atoms with Gasteiger partial charge in [0.25, 0.3) is 0 Å². The number of halogens is 1. The summed E-state index contributed by atoms with van der Waals surface area (Å²) in [6.45, 7) is 4.73. The number of carbonyl (C=O) groups excluding carboxylic acids is 2. The average molecular weight is 460 g/mol. The zero-order valence-corrected chi connectivity index (χ0v) is 18.8. The highest BCUT2D eigenvalue weighted by Gasteiger charge is 2.26. The largest absolute Gasteiger partial charge is 0.419 e. The lowest BCUT2D eigenvalue weighted by molar-refractivity contribution is -0.133. The van der Waals surface area contributed by atoms with E-state index in [1.54, 1.807) is 21.9 Å². The lowest BCUT2D eigenvalue weighted by atomic mass is 10.2. The number of hydrogen-bond acceptors (Lipinski definition) is 7. The van der Waals surface area contributed by atoms with Gasteiger partial charge in [0.05, 0.1) is 29.2 Å². The summed E-state index contributed by atoms with van der Waals surface area (Å²) in [7, 11) is 0. The van der Waals surface area contributed by atoms with Gasteiger partial charge in [-0.3, -0.25) is 14.5 Å². The van der Waals surface area contributed by atoms with Crippen LogP contribution in [-0.4, -0.2) is 44.5 Å². The molecule has 1 saturated heterocycles. The van der Waals surface area contributed by atoms with Gasteiger partial charge in [-0.15, -0.1) is 21.5 Å². The van der Waals surface area contributed by atoms with Crippen molar-refractivity contribution in [3.63, 3.8) is 0 Å². The maximum Gasteiger partial charge on any atom is 0.249 e. The van der Waals surface area contributed by atoms with E-state index in [4.69, 9.17) is 16.0 Å². The van der Waals surface area contributed by atoms with Crippen molar-refractivity contribution in [2.24, 2.45) is 0 Å². The number of aromatic nitrogens is 3. The lowest BCUT2D eigenvalue weighted by Crippen LogP contribution is -2.37. The molecule has 1 aliphatic rings. The van der Waals surface area contributed by atoms with Crippen molar-refractivity contribution in [3.05, 3.63) is 46.3 Å². The first-order chi connectivity index (χ1) is 14.9. The van der Waals surface area contributed by atoms with Gasteiger partial charge in [-0.1, -0.05) is 23.7 Å². The number of anilines is 1. The molecule has 8 nitrogen and oxygen atoms in total. The van der Waals surface area contributed by atoms with E-state index in [1.165, 1.54) is 11.3 Å². The van der Waals surface area contributed by atoms with Crippen LogP contribution in [0.4, 0.5) is 5.13 Å². The Balaban J connectivity index is 1.45. The van der Waals surface area contributed by atoms with Crippen LogP contribution in [0.5, 0.6) is 0 Å². The van der Waals surface area contributed by atoms with Gasteiger partial charge in [-0.25, -0.2) is 4.98 Å². The van der Waals surface area contributed by atoms with Crippen LogP contribution in [0, 0.1) is 0 Å². The summed E-state index contributed by atoms with van der Waals surface area (Å²) in [5.41, 5.74) is 1.30. The minimum absolute atomic E-state index is 0.0681. The fourth-order valence-electron chi connectivity index (χ4n) is 3.37. The normalized spacial score (nSPS) is 13.9. The SMILES string of the molecule is CC(C)N(Cc1nnc(-c2ccccc2Cl)o1)C(=O)Cc1csc(N2CCCC2=O)n1. The van der Waals surface area contributed by atoms with E-state index >= 15 is 0 Å². The van der Waals surface area contributed by atoms with E-state index in [2.05, 4.69) is 15.2 Å². The van der Waals surface area contributed by atoms with Crippen LogP contribution in [0.1, 0.15) is 38.3 Å². The van der Waals surface area contributed by atoms with Crippen LogP contribution in [0.2, 0.25) is 5.02 Å². The Morgan fingerprint density at radius 3 is 2.84 bits per heavy atom. The van der Waals surface area contributed by atoms with Crippen LogP contribution in [-0.2, 0) is 22.6 Å². The molecule has 3 heterocycles. The van der Waals surface area contributed by atoms with Crippen molar-refractivity contribution in [2.75, 3.05) is 11.4 Å². The van der Waals surface area contributed by atoms with Gasteiger partial charge in [-0.2, -0.15) is 0 Å². The van der Waals surface area contributed by atoms with Crippen molar-refractivity contribution < 1.29 is 14.0 Å². The summed E-state index contributed by atoms with van der Waals surface area (Å²) < 4.78 is 5.76. The molecule has 2 amide bonds. The third-order valence-electron chi connectivity index (χ3n) is 5.00. The number of amides is 2. The second kappa shape index (κ2) is 9.15. The molecular weight excluding hydrogens is 438 g/mol. The Hall–Kier alpha value is -2.78. The van der Waals surface area contributed by atoms with Crippen molar-refractivity contribution in [1.82, 2.24) is 20.1 Å². The van der Waals surface area contributed by atoms with Crippen LogP contribution < -0.4 is 4.90 Å². The van der Waals surface area contributed by atoms with E-state index in [1.807, 2.05) is 31.4 Å². The highest BCUT2D eigenvalue weighted by Crippen LogP contribution is 2.27. The van der Waals surface area contributed by atoms with Crippen LogP contribution in [0.25, 0.3) is 11.5 Å². The van der Waals surface area contributed by atoms with Gasteiger partial charge < -0.3 is 9.32 Å². The van der Waals surface area contributed by atoms with E-state index in [0.29, 0.717) is 46.2 Å². The topological polar surface area (TPSA) is 92.4 Å². The van der Waals surface area contributed by atoms with Crippen LogP contribution >= 0.6 is 22.9 Å². The number of nitrogens with zero attached hydrogens (tertiary/aromatic N) is 5. The van der Waals surface area contributed by atoms with Crippen molar-refractivity contribution in [2.45, 2.75) is 45.7 Å². The first-order valence-corrected chi connectivity index (χ1v) is 11.3. The smallest absolute Gasteiger partial charge is 0.249 e. The Morgan fingerprint density at radius 1 is 1.32 bits per heavy atom. The minimum Gasteiger partial charge on any atom is -0.419 e. The second-order valence-electron chi connectivity index (χ2n) is 7.54. The predicted molar refractivity (Wildman–Crippen MR) is 118 cm³/mol. The molecule has 0 spiro atoms. The van der Waals surface area contributed by atoms with E-state index in [0.717, 1.165) is 6.42 Å². The second-order valence-corrected chi connectivity index (χ2v) is 8.79. The molecule has 0 bridgehead atoms. The molecule has 0 aliphatic carbocycles. The Morgan fingerprint density at radius 2 is 2.13 bits per heavy atom. The van der Waals surface area contributed by atoms with Gasteiger partial charge in [0, 0.05) is 24.4 Å². The molecule has 0 saturated carbocycles. The molecule has 10 heteroatoms. The van der Waals surface area contributed by atoms with Crippen LogP contribution in [0.3, 0.4) is 0 Å². The van der Waals surface area contributed by atoms with Crippen molar-refractivity contribution >= 4 is 39.9 Å². The van der Waals surface area contributed by atoms with E-state index in [-0.39, 0.29) is 30.8 Å². The third-order valence-corrected chi connectivity index (χ3v) is 6.24. The molecule has 0 unspecified atom stereocenters. The highest BCUT2D eigenvalue weighted by molar-refractivity contribution is 7.14. The van der Waals surface area contributed by atoms with Crippen molar-refractivity contribution in [3.8, 4) is 11.5 Å². The molecule has 31 heavy (non-hydrogen) atoms. The maximum atomic E-state index is 13.0. The van der Waals surface area contributed by atoms with Crippen molar-refractivity contribution in [1.29, 1.82) is 0 Å². The summed E-state index contributed by atoms with van der Waals surface area (Å²) in [6.07, 6.45) is 1.53.